The minimum atomic E-state index is -0.881. The van der Waals surface area contributed by atoms with Gasteiger partial charge in [-0.2, -0.15) is 5.10 Å². The molecule has 1 aromatic heterocycles. The molecule has 2 aromatic carbocycles. The molecule has 148 valence electrons. The number of amides is 2. The SMILES string of the molecule is Cc1cc(/C=N\NC(=O)C(=O)Nc2cccc(Br)c2)c(C)n1-c1ccc(F)cc1. The summed E-state index contributed by atoms with van der Waals surface area (Å²) in [6, 6.07) is 14.9. The van der Waals surface area contributed by atoms with Gasteiger partial charge in [-0.1, -0.05) is 22.0 Å². The highest BCUT2D eigenvalue weighted by molar-refractivity contribution is 9.10. The highest BCUT2D eigenvalue weighted by Gasteiger charge is 2.13. The molecule has 1 heterocycles. The van der Waals surface area contributed by atoms with Crippen LogP contribution in [0.4, 0.5) is 10.1 Å². The first kappa shape index (κ1) is 20.5. The summed E-state index contributed by atoms with van der Waals surface area (Å²) in [6.07, 6.45) is 1.46. The summed E-state index contributed by atoms with van der Waals surface area (Å²) in [4.78, 5) is 23.9. The average molecular weight is 457 g/mol. The van der Waals surface area contributed by atoms with Gasteiger partial charge in [-0.15, -0.1) is 0 Å². The van der Waals surface area contributed by atoms with E-state index in [1.54, 1.807) is 30.3 Å². The minimum Gasteiger partial charge on any atom is -0.318 e. The molecule has 29 heavy (non-hydrogen) atoms. The molecule has 0 spiro atoms. The van der Waals surface area contributed by atoms with Crippen LogP contribution in [0, 0.1) is 19.7 Å². The van der Waals surface area contributed by atoms with Gasteiger partial charge in [0.25, 0.3) is 0 Å². The van der Waals surface area contributed by atoms with Crippen LogP contribution in [0.3, 0.4) is 0 Å². The Morgan fingerprint density at radius 3 is 2.48 bits per heavy atom. The normalized spacial score (nSPS) is 10.9. The lowest BCUT2D eigenvalue weighted by atomic mass is 10.2. The predicted octanol–water partition coefficient (Wildman–Crippen LogP) is 4.08. The van der Waals surface area contributed by atoms with E-state index in [9.17, 15) is 14.0 Å². The molecule has 0 aliphatic carbocycles. The molecule has 0 aliphatic rings. The quantitative estimate of drug-likeness (QED) is 0.352. The van der Waals surface area contributed by atoms with Gasteiger partial charge in [0.2, 0.25) is 0 Å². The van der Waals surface area contributed by atoms with Crippen LogP contribution in [-0.4, -0.2) is 22.6 Å². The molecule has 2 N–H and O–H groups in total. The van der Waals surface area contributed by atoms with Crippen molar-refractivity contribution in [3.8, 4) is 5.69 Å². The van der Waals surface area contributed by atoms with Crippen LogP contribution in [0.2, 0.25) is 0 Å². The Morgan fingerprint density at radius 1 is 1.07 bits per heavy atom. The van der Waals surface area contributed by atoms with E-state index >= 15 is 0 Å². The van der Waals surface area contributed by atoms with Gasteiger partial charge in [0, 0.05) is 32.8 Å². The Labute approximate surface area is 175 Å². The second-order valence-electron chi connectivity index (χ2n) is 6.30. The van der Waals surface area contributed by atoms with E-state index in [0.717, 1.165) is 27.1 Å². The van der Waals surface area contributed by atoms with Crippen molar-refractivity contribution in [2.24, 2.45) is 5.10 Å². The number of hydrogen-bond acceptors (Lipinski definition) is 3. The first-order valence-electron chi connectivity index (χ1n) is 8.70. The third-order valence-electron chi connectivity index (χ3n) is 4.21. The summed E-state index contributed by atoms with van der Waals surface area (Å²) in [7, 11) is 0. The first-order valence-corrected chi connectivity index (χ1v) is 9.49. The summed E-state index contributed by atoms with van der Waals surface area (Å²) in [5.41, 5.74) is 6.08. The van der Waals surface area contributed by atoms with Crippen LogP contribution >= 0.6 is 15.9 Å². The van der Waals surface area contributed by atoms with Crippen molar-refractivity contribution in [1.29, 1.82) is 0 Å². The van der Waals surface area contributed by atoms with Gasteiger partial charge in [0.05, 0.1) is 6.21 Å². The third kappa shape index (κ3) is 4.97. The summed E-state index contributed by atoms with van der Waals surface area (Å²) < 4.78 is 15.9. The van der Waals surface area contributed by atoms with Gasteiger partial charge in [-0.25, -0.2) is 9.82 Å². The van der Waals surface area contributed by atoms with E-state index in [4.69, 9.17) is 0 Å². The average Bonchev–Trinajstić information content (AvgIpc) is 2.96. The fourth-order valence-electron chi connectivity index (χ4n) is 2.87. The van der Waals surface area contributed by atoms with Gasteiger partial charge >= 0.3 is 11.8 Å². The molecule has 6 nitrogen and oxygen atoms in total. The molecule has 2 amide bonds. The molecule has 8 heteroatoms. The lowest BCUT2D eigenvalue weighted by Crippen LogP contribution is -2.32. The third-order valence-corrected chi connectivity index (χ3v) is 4.71. The van der Waals surface area contributed by atoms with Crippen LogP contribution < -0.4 is 10.7 Å². The number of nitrogens with one attached hydrogen (secondary N) is 2. The highest BCUT2D eigenvalue weighted by atomic mass is 79.9. The summed E-state index contributed by atoms with van der Waals surface area (Å²) in [5, 5.41) is 6.37. The maximum absolute atomic E-state index is 13.2. The van der Waals surface area contributed by atoms with Gasteiger partial charge in [-0.3, -0.25) is 9.59 Å². The second kappa shape index (κ2) is 8.83. The molecule has 0 saturated heterocycles. The van der Waals surface area contributed by atoms with E-state index in [0.29, 0.717) is 5.69 Å². The zero-order valence-corrected chi connectivity index (χ0v) is 17.3. The number of halogens is 2. The minimum absolute atomic E-state index is 0.304. The fraction of sp³-hybridized carbons (Fsp3) is 0.0952. The van der Waals surface area contributed by atoms with Crippen molar-refractivity contribution >= 4 is 39.6 Å². The number of rotatable bonds is 4. The molecular formula is C21H18BrFN4O2. The number of aromatic nitrogens is 1. The van der Waals surface area contributed by atoms with Gasteiger partial charge in [0.1, 0.15) is 5.82 Å². The zero-order valence-electron chi connectivity index (χ0n) is 15.7. The van der Waals surface area contributed by atoms with E-state index in [2.05, 4.69) is 31.8 Å². The van der Waals surface area contributed by atoms with Crippen LogP contribution in [0.1, 0.15) is 17.0 Å². The van der Waals surface area contributed by atoms with E-state index in [-0.39, 0.29) is 5.82 Å². The number of hydrazone groups is 1. The molecule has 0 bridgehead atoms. The maximum Gasteiger partial charge on any atom is 0.329 e. The number of carbonyl (C=O) groups is 2. The highest BCUT2D eigenvalue weighted by Crippen LogP contribution is 2.20. The number of hydrogen-bond donors (Lipinski definition) is 2. The summed E-state index contributed by atoms with van der Waals surface area (Å²) in [6.45, 7) is 3.80. The summed E-state index contributed by atoms with van der Waals surface area (Å²) in [5.74, 6) is -2.01. The topological polar surface area (TPSA) is 75.5 Å². The molecule has 0 aliphatic heterocycles. The molecule has 0 fully saturated rings. The lowest BCUT2D eigenvalue weighted by Gasteiger charge is -2.09. The van der Waals surface area contributed by atoms with E-state index in [1.165, 1.54) is 18.3 Å². The number of nitrogens with zero attached hydrogens (tertiary/aromatic N) is 2. The number of carbonyl (C=O) groups excluding carboxylic acids is 2. The molecule has 3 aromatic rings. The first-order chi connectivity index (χ1) is 13.8. The molecule has 3 rings (SSSR count). The maximum atomic E-state index is 13.2. The monoisotopic (exact) mass is 456 g/mol. The smallest absolute Gasteiger partial charge is 0.318 e. The Morgan fingerprint density at radius 2 is 1.79 bits per heavy atom. The van der Waals surface area contributed by atoms with E-state index in [1.807, 2.05) is 30.5 Å². The molecule has 0 unspecified atom stereocenters. The Kier molecular flexibility index (Phi) is 6.23. The predicted molar refractivity (Wildman–Crippen MR) is 114 cm³/mol. The van der Waals surface area contributed by atoms with Gasteiger partial charge in [0.15, 0.2) is 0 Å². The fourth-order valence-corrected chi connectivity index (χ4v) is 3.27. The van der Waals surface area contributed by atoms with Crippen LogP contribution in [0.5, 0.6) is 0 Å². The van der Waals surface area contributed by atoms with Crippen molar-refractivity contribution in [2.75, 3.05) is 5.32 Å². The number of aryl methyl sites for hydroxylation is 1. The summed E-state index contributed by atoms with van der Waals surface area (Å²) >= 11 is 3.30. The van der Waals surface area contributed by atoms with Crippen molar-refractivity contribution in [2.45, 2.75) is 13.8 Å². The Balaban J connectivity index is 1.67. The van der Waals surface area contributed by atoms with Crippen molar-refractivity contribution in [3.05, 3.63) is 81.8 Å². The lowest BCUT2D eigenvalue weighted by molar-refractivity contribution is -0.136. The van der Waals surface area contributed by atoms with Crippen molar-refractivity contribution in [1.82, 2.24) is 9.99 Å². The zero-order chi connectivity index (χ0) is 21.0. The molecule has 0 radical (unpaired) electrons. The van der Waals surface area contributed by atoms with Crippen LogP contribution in [0.25, 0.3) is 5.69 Å². The molecule has 0 atom stereocenters. The Hall–Kier alpha value is -3.26. The van der Waals surface area contributed by atoms with Crippen molar-refractivity contribution < 1.29 is 14.0 Å². The van der Waals surface area contributed by atoms with Crippen molar-refractivity contribution in [3.63, 3.8) is 0 Å². The van der Waals surface area contributed by atoms with Crippen LogP contribution in [0.15, 0.2) is 64.2 Å². The largest absolute Gasteiger partial charge is 0.329 e. The standard InChI is InChI=1S/C21H18BrFN4O2/c1-13-10-15(14(2)27(13)19-8-6-17(23)7-9-19)12-24-26-21(29)20(28)25-18-5-3-4-16(22)11-18/h3-12H,1-2H3,(H,25,28)(H,26,29)/b24-12-. The molecule has 0 saturated carbocycles. The van der Waals surface area contributed by atoms with Gasteiger partial charge in [-0.05, 0) is 62.4 Å². The van der Waals surface area contributed by atoms with E-state index < -0.39 is 11.8 Å². The number of benzene rings is 2. The number of anilines is 1. The van der Waals surface area contributed by atoms with Crippen LogP contribution in [-0.2, 0) is 9.59 Å². The van der Waals surface area contributed by atoms with Gasteiger partial charge < -0.3 is 9.88 Å². The second-order valence-corrected chi connectivity index (χ2v) is 7.22. The molecular weight excluding hydrogens is 439 g/mol. The Bertz CT molecular complexity index is 1090.